The SMILES string of the molecule is N#CCOc1ccccc1/C=N/NC(=O)c1ccc([N+](=O)[O-])cc1. The summed E-state index contributed by atoms with van der Waals surface area (Å²) >= 11 is 0. The molecule has 0 spiro atoms. The Morgan fingerprint density at radius 1 is 1.29 bits per heavy atom. The molecule has 0 aliphatic carbocycles. The molecule has 8 nitrogen and oxygen atoms in total. The molecule has 120 valence electrons. The number of hydrogen-bond donors (Lipinski definition) is 1. The number of nitro benzene ring substituents is 1. The van der Waals surface area contributed by atoms with Crippen LogP contribution >= 0.6 is 0 Å². The van der Waals surface area contributed by atoms with Crippen LogP contribution in [0.25, 0.3) is 0 Å². The Hall–Kier alpha value is -3.73. The molecule has 0 heterocycles. The van der Waals surface area contributed by atoms with E-state index in [2.05, 4.69) is 10.5 Å². The summed E-state index contributed by atoms with van der Waals surface area (Å²) in [6.07, 6.45) is 1.38. The Kier molecular flexibility index (Phi) is 5.58. The van der Waals surface area contributed by atoms with Crippen molar-refractivity contribution in [1.29, 1.82) is 5.26 Å². The van der Waals surface area contributed by atoms with Crippen LogP contribution in [0, 0.1) is 21.4 Å². The zero-order chi connectivity index (χ0) is 17.4. The number of nitro groups is 1. The molecule has 0 bridgehead atoms. The molecule has 0 aliphatic rings. The fourth-order valence-electron chi connectivity index (χ4n) is 1.79. The molecule has 2 aromatic carbocycles. The molecule has 0 saturated heterocycles. The van der Waals surface area contributed by atoms with Crippen LogP contribution in [0.5, 0.6) is 5.75 Å². The van der Waals surface area contributed by atoms with E-state index in [-0.39, 0.29) is 17.9 Å². The highest BCUT2D eigenvalue weighted by Gasteiger charge is 2.08. The number of non-ortho nitro benzene ring substituents is 1. The van der Waals surface area contributed by atoms with Gasteiger partial charge in [0.2, 0.25) is 0 Å². The van der Waals surface area contributed by atoms with Crippen molar-refractivity contribution in [2.24, 2.45) is 5.10 Å². The van der Waals surface area contributed by atoms with E-state index in [4.69, 9.17) is 10.00 Å². The average molecular weight is 324 g/mol. The van der Waals surface area contributed by atoms with Crippen LogP contribution in [-0.4, -0.2) is 23.7 Å². The number of carbonyl (C=O) groups is 1. The van der Waals surface area contributed by atoms with E-state index < -0.39 is 10.8 Å². The molecule has 0 fully saturated rings. The summed E-state index contributed by atoms with van der Waals surface area (Å²) in [5.74, 6) is -0.0380. The topological polar surface area (TPSA) is 118 Å². The minimum absolute atomic E-state index is 0.0972. The first-order valence-electron chi connectivity index (χ1n) is 6.78. The van der Waals surface area contributed by atoms with E-state index in [0.717, 1.165) is 0 Å². The molecule has 24 heavy (non-hydrogen) atoms. The first kappa shape index (κ1) is 16.6. The number of benzene rings is 2. The maximum atomic E-state index is 11.9. The largest absolute Gasteiger partial charge is 0.478 e. The number of amides is 1. The van der Waals surface area contributed by atoms with Gasteiger partial charge in [0.05, 0.1) is 11.1 Å². The highest BCUT2D eigenvalue weighted by atomic mass is 16.6. The number of para-hydroxylation sites is 1. The molecule has 0 aromatic heterocycles. The molecule has 0 radical (unpaired) electrons. The standard InChI is InChI=1S/C16H12N4O4/c17-9-10-24-15-4-2-1-3-13(15)11-18-19-16(21)12-5-7-14(8-6-12)20(22)23/h1-8,11H,10H2,(H,19,21)/b18-11+. The van der Waals surface area contributed by atoms with Gasteiger partial charge in [-0.25, -0.2) is 5.43 Å². The van der Waals surface area contributed by atoms with Gasteiger partial charge >= 0.3 is 0 Å². The van der Waals surface area contributed by atoms with Crippen LogP contribution in [0.15, 0.2) is 53.6 Å². The highest BCUT2D eigenvalue weighted by molar-refractivity contribution is 5.95. The lowest BCUT2D eigenvalue weighted by atomic mass is 10.2. The Balaban J connectivity index is 2.02. The Morgan fingerprint density at radius 3 is 2.67 bits per heavy atom. The molecule has 8 heteroatoms. The number of hydrazone groups is 1. The maximum Gasteiger partial charge on any atom is 0.271 e. The quantitative estimate of drug-likeness (QED) is 0.497. The van der Waals surface area contributed by atoms with Gasteiger partial charge in [0.15, 0.2) is 6.61 Å². The van der Waals surface area contributed by atoms with Crippen molar-refractivity contribution >= 4 is 17.8 Å². The van der Waals surface area contributed by atoms with Gasteiger partial charge in [-0.1, -0.05) is 12.1 Å². The van der Waals surface area contributed by atoms with Crippen LogP contribution in [-0.2, 0) is 0 Å². The van der Waals surface area contributed by atoms with Gasteiger partial charge in [0.25, 0.3) is 11.6 Å². The third-order valence-corrected chi connectivity index (χ3v) is 2.92. The molecular formula is C16H12N4O4. The molecule has 0 aliphatic heterocycles. The summed E-state index contributed by atoms with van der Waals surface area (Å²) < 4.78 is 5.24. The summed E-state index contributed by atoms with van der Waals surface area (Å²) in [6.45, 7) is -0.0972. The van der Waals surface area contributed by atoms with Crippen molar-refractivity contribution in [3.63, 3.8) is 0 Å². The van der Waals surface area contributed by atoms with Crippen LogP contribution in [0.4, 0.5) is 5.69 Å². The smallest absolute Gasteiger partial charge is 0.271 e. The molecule has 2 aromatic rings. The Labute approximate surface area is 137 Å². The highest BCUT2D eigenvalue weighted by Crippen LogP contribution is 2.15. The number of ether oxygens (including phenoxy) is 1. The number of nitrogens with zero attached hydrogens (tertiary/aromatic N) is 3. The molecule has 1 amide bonds. The minimum Gasteiger partial charge on any atom is -0.478 e. The van der Waals surface area contributed by atoms with Crippen LogP contribution in [0.3, 0.4) is 0 Å². The van der Waals surface area contributed by atoms with Gasteiger partial charge < -0.3 is 4.74 Å². The molecule has 1 N–H and O–H groups in total. The molecular weight excluding hydrogens is 312 g/mol. The lowest BCUT2D eigenvalue weighted by Gasteiger charge is -2.05. The first-order chi connectivity index (χ1) is 11.6. The third-order valence-electron chi connectivity index (χ3n) is 2.92. The van der Waals surface area contributed by atoms with Gasteiger partial charge in [0, 0.05) is 23.3 Å². The van der Waals surface area contributed by atoms with Gasteiger partial charge in [-0.15, -0.1) is 0 Å². The van der Waals surface area contributed by atoms with E-state index in [1.54, 1.807) is 24.3 Å². The van der Waals surface area contributed by atoms with Crippen molar-refractivity contribution < 1.29 is 14.5 Å². The van der Waals surface area contributed by atoms with Crippen molar-refractivity contribution in [2.45, 2.75) is 0 Å². The first-order valence-corrected chi connectivity index (χ1v) is 6.78. The van der Waals surface area contributed by atoms with Gasteiger partial charge in [-0.3, -0.25) is 14.9 Å². The number of rotatable bonds is 6. The third kappa shape index (κ3) is 4.38. The molecule has 0 atom stereocenters. The fourth-order valence-corrected chi connectivity index (χ4v) is 1.79. The number of nitriles is 1. The summed E-state index contributed by atoms with van der Waals surface area (Å²) in [7, 11) is 0. The molecule has 0 unspecified atom stereocenters. The summed E-state index contributed by atoms with van der Waals surface area (Å²) in [4.78, 5) is 21.9. The Morgan fingerprint density at radius 2 is 2.00 bits per heavy atom. The zero-order valence-corrected chi connectivity index (χ0v) is 12.4. The van der Waals surface area contributed by atoms with E-state index in [0.29, 0.717) is 11.3 Å². The second kappa shape index (κ2) is 8.05. The van der Waals surface area contributed by atoms with E-state index in [1.807, 2.05) is 6.07 Å². The second-order valence-electron chi connectivity index (χ2n) is 4.49. The molecule has 2 rings (SSSR count). The summed E-state index contributed by atoms with van der Waals surface area (Å²) in [5, 5.41) is 22.9. The predicted molar refractivity (Wildman–Crippen MR) is 85.7 cm³/mol. The fraction of sp³-hybridized carbons (Fsp3) is 0.0625. The van der Waals surface area contributed by atoms with Crippen molar-refractivity contribution in [2.75, 3.05) is 6.61 Å². The molecule has 0 saturated carbocycles. The Bertz CT molecular complexity index is 810. The number of nitrogens with one attached hydrogen (secondary N) is 1. The lowest BCUT2D eigenvalue weighted by Crippen LogP contribution is -2.17. The number of hydrogen-bond acceptors (Lipinski definition) is 6. The van der Waals surface area contributed by atoms with Crippen molar-refractivity contribution in [3.8, 4) is 11.8 Å². The van der Waals surface area contributed by atoms with Gasteiger partial charge in [0.1, 0.15) is 11.8 Å². The second-order valence-corrected chi connectivity index (χ2v) is 4.49. The normalized spacial score (nSPS) is 10.1. The summed E-state index contributed by atoms with van der Waals surface area (Å²) in [6, 6.07) is 13.9. The van der Waals surface area contributed by atoms with E-state index >= 15 is 0 Å². The minimum atomic E-state index is -0.544. The van der Waals surface area contributed by atoms with Gasteiger partial charge in [-0.2, -0.15) is 10.4 Å². The maximum absolute atomic E-state index is 11.9. The lowest BCUT2D eigenvalue weighted by molar-refractivity contribution is -0.384. The van der Waals surface area contributed by atoms with Crippen LogP contribution < -0.4 is 10.2 Å². The monoisotopic (exact) mass is 324 g/mol. The van der Waals surface area contributed by atoms with Crippen LogP contribution in [0.1, 0.15) is 15.9 Å². The average Bonchev–Trinajstić information content (AvgIpc) is 2.60. The van der Waals surface area contributed by atoms with Crippen LogP contribution in [0.2, 0.25) is 0 Å². The van der Waals surface area contributed by atoms with Crippen molar-refractivity contribution in [1.82, 2.24) is 5.43 Å². The van der Waals surface area contributed by atoms with E-state index in [1.165, 1.54) is 30.5 Å². The summed E-state index contributed by atoms with van der Waals surface area (Å²) in [5.41, 5.74) is 3.06. The van der Waals surface area contributed by atoms with Gasteiger partial charge in [-0.05, 0) is 24.3 Å². The number of carbonyl (C=O) groups excluding carboxylic acids is 1. The zero-order valence-electron chi connectivity index (χ0n) is 12.4. The predicted octanol–water partition coefficient (Wildman–Crippen LogP) is 2.26. The van der Waals surface area contributed by atoms with E-state index in [9.17, 15) is 14.9 Å². The van der Waals surface area contributed by atoms with Crippen molar-refractivity contribution in [3.05, 3.63) is 69.8 Å².